The minimum atomic E-state index is -0.183. The lowest BCUT2D eigenvalue weighted by molar-refractivity contribution is -0.137. The van der Waals surface area contributed by atoms with Crippen LogP contribution < -0.4 is 5.32 Å². The number of carbonyl (C=O) groups excluding carboxylic acids is 2. The van der Waals surface area contributed by atoms with Crippen LogP contribution in [0.5, 0.6) is 0 Å². The summed E-state index contributed by atoms with van der Waals surface area (Å²) < 4.78 is 5.68. The van der Waals surface area contributed by atoms with Crippen molar-refractivity contribution in [2.45, 2.75) is 39.9 Å². The molecule has 0 radical (unpaired) electrons. The van der Waals surface area contributed by atoms with Crippen molar-refractivity contribution in [3.05, 3.63) is 29.3 Å². The lowest BCUT2D eigenvalue weighted by atomic mass is 10.1. The van der Waals surface area contributed by atoms with Crippen LogP contribution in [0.4, 0.5) is 5.69 Å². The summed E-state index contributed by atoms with van der Waals surface area (Å²) in [5.41, 5.74) is 2.85. The second kappa shape index (κ2) is 8.45. The van der Waals surface area contributed by atoms with E-state index in [-0.39, 0.29) is 30.6 Å². The Morgan fingerprint density at radius 1 is 1.20 bits per heavy atom. The molecule has 1 heterocycles. The number of benzene rings is 1. The Hall–Kier alpha value is -1.92. The maximum Gasteiger partial charge on any atom is 0.243 e. The third kappa shape index (κ3) is 5.54. The summed E-state index contributed by atoms with van der Waals surface area (Å²) in [5.74, 6) is -0.241. The first-order valence-corrected chi connectivity index (χ1v) is 8.74. The van der Waals surface area contributed by atoms with Gasteiger partial charge in [0.25, 0.3) is 0 Å². The van der Waals surface area contributed by atoms with Crippen molar-refractivity contribution in [3.63, 3.8) is 0 Å². The molecule has 1 aromatic rings. The molecule has 2 amide bonds. The van der Waals surface area contributed by atoms with Crippen LogP contribution in [-0.2, 0) is 14.3 Å². The Morgan fingerprint density at radius 2 is 1.76 bits per heavy atom. The first-order chi connectivity index (χ1) is 11.8. The molecule has 2 atom stereocenters. The Balaban J connectivity index is 1.87. The molecule has 25 heavy (non-hydrogen) atoms. The average molecular weight is 347 g/mol. The second-order valence-electron chi connectivity index (χ2n) is 7.02. The molecule has 0 saturated carbocycles. The molecule has 1 fully saturated rings. The highest BCUT2D eigenvalue weighted by Crippen LogP contribution is 2.19. The van der Waals surface area contributed by atoms with E-state index in [1.807, 2.05) is 45.9 Å². The van der Waals surface area contributed by atoms with Gasteiger partial charge in [-0.25, -0.2) is 0 Å². The van der Waals surface area contributed by atoms with Gasteiger partial charge in [0.1, 0.15) is 0 Å². The standard InChI is InChI=1S/C19H29N3O3/c1-13-7-6-8-14(2)19(13)20-17(23)11-21(5)18(24)12-22-9-15(3)25-16(4)10-22/h6-8,15-16H,9-12H2,1-5H3,(H,20,23). The number of hydrogen-bond acceptors (Lipinski definition) is 4. The van der Waals surface area contributed by atoms with Crippen LogP contribution in [0.15, 0.2) is 18.2 Å². The van der Waals surface area contributed by atoms with E-state index < -0.39 is 0 Å². The van der Waals surface area contributed by atoms with Gasteiger partial charge in [0.05, 0.1) is 25.3 Å². The number of nitrogens with zero attached hydrogens (tertiary/aromatic N) is 2. The van der Waals surface area contributed by atoms with Gasteiger partial charge in [-0.1, -0.05) is 18.2 Å². The number of amides is 2. The SMILES string of the molecule is Cc1cccc(C)c1NC(=O)CN(C)C(=O)CN1CC(C)OC(C)C1. The molecule has 6 heteroatoms. The Bertz CT molecular complexity index is 602. The molecule has 138 valence electrons. The number of carbonyl (C=O) groups is 2. The topological polar surface area (TPSA) is 61.9 Å². The van der Waals surface area contributed by atoms with Crippen LogP contribution in [0.3, 0.4) is 0 Å². The van der Waals surface area contributed by atoms with Gasteiger partial charge in [-0.15, -0.1) is 0 Å². The van der Waals surface area contributed by atoms with Crippen LogP contribution in [-0.4, -0.2) is 67.0 Å². The summed E-state index contributed by atoms with van der Waals surface area (Å²) >= 11 is 0. The van der Waals surface area contributed by atoms with Gasteiger partial charge in [-0.3, -0.25) is 14.5 Å². The van der Waals surface area contributed by atoms with E-state index in [2.05, 4.69) is 10.2 Å². The Labute approximate surface area is 150 Å². The quantitative estimate of drug-likeness (QED) is 0.882. The average Bonchev–Trinajstić information content (AvgIpc) is 2.50. The minimum absolute atomic E-state index is 0.0437. The maximum absolute atomic E-state index is 12.4. The van der Waals surface area contributed by atoms with Crippen molar-refractivity contribution in [3.8, 4) is 0 Å². The van der Waals surface area contributed by atoms with Crippen molar-refractivity contribution >= 4 is 17.5 Å². The van der Waals surface area contributed by atoms with Gasteiger partial charge in [-0.05, 0) is 38.8 Å². The molecular weight excluding hydrogens is 318 g/mol. The van der Waals surface area contributed by atoms with Gasteiger partial charge in [0, 0.05) is 25.8 Å². The second-order valence-corrected chi connectivity index (χ2v) is 7.02. The van der Waals surface area contributed by atoms with Gasteiger partial charge in [0.15, 0.2) is 0 Å². The van der Waals surface area contributed by atoms with Gasteiger partial charge in [0.2, 0.25) is 11.8 Å². The summed E-state index contributed by atoms with van der Waals surface area (Å²) in [6.45, 7) is 9.75. The zero-order valence-electron chi connectivity index (χ0n) is 15.8. The molecule has 0 aliphatic carbocycles. The molecule has 2 rings (SSSR count). The van der Waals surface area contributed by atoms with Crippen molar-refractivity contribution in [1.29, 1.82) is 0 Å². The minimum Gasteiger partial charge on any atom is -0.373 e. The van der Waals surface area contributed by atoms with Crippen molar-refractivity contribution in [2.24, 2.45) is 0 Å². The lowest BCUT2D eigenvalue weighted by Crippen LogP contribution is -2.50. The monoisotopic (exact) mass is 347 g/mol. The Morgan fingerprint density at radius 3 is 2.32 bits per heavy atom. The highest BCUT2D eigenvalue weighted by molar-refractivity contribution is 5.95. The van der Waals surface area contributed by atoms with E-state index in [1.165, 1.54) is 4.90 Å². The van der Waals surface area contributed by atoms with E-state index in [1.54, 1.807) is 7.05 Å². The number of aryl methyl sites for hydroxylation is 2. The zero-order valence-corrected chi connectivity index (χ0v) is 15.8. The number of rotatable bonds is 5. The number of morpholine rings is 1. The molecule has 1 aliphatic heterocycles. The summed E-state index contributed by atoms with van der Waals surface area (Å²) in [5, 5.41) is 2.92. The highest BCUT2D eigenvalue weighted by Gasteiger charge is 2.25. The number of ether oxygens (including phenoxy) is 1. The van der Waals surface area contributed by atoms with Crippen LogP contribution >= 0.6 is 0 Å². The van der Waals surface area contributed by atoms with Crippen molar-refractivity contribution < 1.29 is 14.3 Å². The number of anilines is 1. The molecule has 2 unspecified atom stereocenters. The number of likely N-dealkylation sites (N-methyl/N-ethyl adjacent to an activating group) is 1. The molecule has 1 aromatic carbocycles. The van der Waals surface area contributed by atoms with E-state index in [4.69, 9.17) is 4.74 Å². The molecule has 0 aromatic heterocycles. The highest BCUT2D eigenvalue weighted by atomic mass is 16.5. The van der Waals surface area contributed by atoms with E-state index in [9.17, 15) is 9.59 Å². The fourth-order valence-corrected chi connectivity index (χ4v) is 3.22. The Kier molecular flexibility index (Phi) is 6.56. The predicted molar refractivity (Wildman–Crippen MR) is 98.6 cm³/mol. The fourth-order valence-electron chi connectivity index (χ4n) is 3.22. The first-order valence-electron chi connectivity index (χ1n) is 8.74. The number of para-hydroxylation sites is 1. The third-order valence-electron chi connectivity index (χ3n) is 4.41. The van der Waals surface area contributed by atoms with Crippen LogP contribution in [0.1, 0.15) is 25.0 Å². The lowest BCUT2D eigenvalue weighted by Gasteiger charge is -2.35. The summed E-state index contributed by atoms with van der Waals surface area (Å²) in [4.78, 5) is 28.3. The molecule has 1 saturated heterocycles. The fraction of sp³-hybridized carbons (Fsp3) is 0.579. The van der Waals surface area contributed by atoms with E-state index in [0.29, 0.717) is 6.54 Å². The van der Waals surface area contributed by atoms with E-state index >= 15 is 0 Å². The van der Waals surface area contributed by atoms with Gasteiger partial charge >= 0.3 is 0 Å². The largest absolute Gasteiger partial charge is 0.373 e. The van der Waals surface area contributed by atoms with Gasteiger partial charge < -0.3 is 15.0 Å². The normalized spacial score (nSPS) is 21.0. The predicted octanol–water partition coefficient (Wildman–Crippen LogP) is 1.81. The van der Waals surface area contributed by atoms with Crippen molar-refractivity contribution in [2.75, 3.05) is 38.5 Å². The smallest absolute Gasteiger partial charge is 0.243 e. The molecule has 0 spiro atoms. The molecule has 6 nitrogen and oxygen atoms in total. The first kappa shape index (κ1) is 19.4. The summed E-state index contributed by atoms with van der Waals surface area (Å²) in [7, 11) is 1.67. The zero-order chi connectivity index (χ0) is 18.6. The van der Waals surface area contributed by atoms with Crippen LogP contribution in [0.2, 0.25) is 0 Å². The van der Waals surface area contributed by atoms with E-state index in [0.717, 1.165) is 29.9 Å². The summed E-state index contributed by atoms with van der Waals surface area (Å²) in [6.07, 6.45) is 0.239. The number of hydrogen-bond donors (Lipinski definition) is 1. The number of nitrogens with one attached hydrogen (secondary N) is 1. The van der Waals surface area contributed by atoms with Crippen molar-refractivity contribution in [1.82, 2.24) is 9.80 Å². The van der Waals surface area contributed by atoms with Crippen LogP contribution in [0, 0.1) is 13.8 Å². The van der Waals surface area contributed by atoms with Gasteiger partial charge in [-0.2, -0.15) is 0 Å². The molecule has 1 aliphatic rings. The van der Waals surface area contributed by atoms with Crippen LogP contribution in [0.25, 0.3) is 0 Å². The molecule has 0 bridgehead atoms. The third-order valence-corrected chi connectivity index (χ3v) is 4.41. The maximum atomic E-state index is 12.4. The summed E-state index contributed by atoms with van der Waals surface area (Å²) in [6, 6.07) is 5.87. The molecular formula is C19H29N3O3. The molecule has 1 N–H and O–H groups in total.